The number of likely N-dealkylation sites (N-methyl/N-ethyl adjacent to an activating group) is 1. The summed E-state index contributed by atoms with van der Waals surface area (Å²) in [6, 6.07) is 5.29. The molecule has 24 heavy (non-hydrogen) atoms. The molecule has 130 valence electrons. The van der Waals surface area contributed by atoms with Crippen LogP contribution >= 0.6 is 0 Å². The van der Waals surface area contributed by atoms with E-state index in [2.05, 4.69) is 15.5 Å². The van der Waals surface area contributed by atoms with Crippen molar-refractivity contribution in [2.75, 3.05) is 50.0 Å². The Morgan fingerprint density at radius 3 is 2.42 bits per heavy atom. The van der Waals surface area contributed by atoms with Crippen molar-refractivity contribution in [2.45, 2.75) is 19.3 Å². The maximum absolute atomic E-state index is 11.8. The van der Waals surface area contributed by atoms with Gasteiger partial charge < -0.3 is 20.4 Å². The van der Waals surface area contributed by atoms with Gasteiger partial charge in [0.2, 0.25) is 6.41 Å². The van der Waals surface area contributed by atoms with Gasteiger partial charge in [0.05, 0.1) is 16.9 Å². The fourth-order valence-electron chi connectivity index (χ4n) is 3.73. The van der Waals surface area contributed by atoms with Crippen molar-refractivity contribution in [3.05, 3.63) is 23.8 Å². The first kappa shape index (κ1) is 16.8. The molecule has 1 aromatic carbocycles. The first-order valence-electron chi connectivity index (χ1n) is 8.74. The molecule has 4 aliphatic rings. The molecular weight excluding hydrogens is 304 g/mol. The van der Waals surface area contributed by atoms with Crippen molar-refractivity contribution >= 4 is 23.7 Å². The van der Waals surface area contributed by atoms with Crippen LogP contribution in [-0.4, -0.2) is 57.0 Å². The first-order chi connectivity index (χ1) is 11.7. The summed E-state index contributed by atoms with van der Waals surface area (Å²) in [5.41, 5.74) is 2.02. The SMILES string of the molecule is C1CN2CCC1CC2.CN1CCNC(=O)c2cccc(NC=O)c21. The van der Waals surface area contributed by atoms with E-state index in [1.54, 1.807) is 18.2 Å². The zero-order valence-corrected chi connectivity index (χ0v) is 14.3. The van der Waals surface area contributed by atoms with Crippen LogP contribution in [-0.2, 0) is 4.79 Å². The molecule has 0 atom stereocenters. The smallest absolute Gasteiger partial charge is 0.253 e. The molecule has 3 saturated heterocycles. The van der Waals surface area contributed by atoms with E-state index in [0.717, 1.165) is 18.2 Å². The van der Waals surface area contributed by atoms with E-state index in [1.165, 1.54) is 38.9 Å². The Bertz CT molecular complexity index is 574. The van der Waals surface area contributed by atoms with Crippen LogP contribution in [0.4, 0.5) is 11.4 Å². The van der Waals surface area contributed by atoms with Crippen molar-refractivity contribution in [1.29, 1.82) is 0 Å². The Morgan fingerprint density at radius 1 is 1.17 bits per heavy atom. The highest BCUT2D eigenvalue weighted by atomic mass is 16.1. The van der Waals surface area contributed by atoms with Crippen LogP contribution in [0.3, 0.4) is 0 Å². The van der Waals surface area contributed by atoms with Gasteiger partial charge in [0.15, 0.2) is 0 Å². The van der Waals surface area contributed by atoms with E-state index < -0.39 is 0 Å². The van der Waals surface area contributed by atoms with Gasteiger partial charge >= 0.3 is 0 Å². The lowest BCUT2D eigenvalue weighted by Gasteiger charge is -2.38. The minimum absolute atomic E-state index is 0.103. The number of amides is 2. The lowest BCUT2D eigenvalue weighted by atomic mass is 9.89. The third-order valence-electron chi connectivity index (χ3n) is 5.17. The van der Waals surface area contributed by atoms with Gasteiger partial charge in [-0.1, -0.05) is 6.07 Å². The van der Waals surface area contributed by atoms with E-state index in [9.17, 15) is 9.59 Å². The van der Waals surface area contributed by atoms with Crippen LogP contribution in [0.25, 0.3) is 0 Å². The highest BCUT2D eigenvalue weighted by molar-refractivity contribution is 6.04. The van der Waals surface area contributed by atoms with E-state index in [4.69, 9.17) is 0 Å². The Morgan fingerprint density at radius 2 is 1.88 bits per heavy atom. The zero-order chi connectivity index (χ0) is 16.9. The van der Waals surface area contributed by atoms with Crippen LogP contribution in [0.1, 0.15) is 29.6 Å². The van der Waals surface area contributed by atoms with Crippen molar-refractivity contribution in [3.8, 4) is 0 Å². The second kappa shape index (κ2) is 7.66. The molecule has 0 unspecified atom stereocenters. The molecule has 3 fully saturated rings. The van der Waals surface area contributed by atoms with Gasteiger partial charge in [-0.3, -0.25) is 9.59 Å². The molecule has 2 bridgehead atoms. The summed E-state index contributed by atoms with van der Waals surface area (Å²) >= 11 is 0. The third-order valence-corrected chi connectivity index (χ3v) is 5.17. The summed E-state index contributed by atoms with van der Waals surface area (Å²) in [6.45, 7) is 5.50. The number of benzene rings is 1. The minimum atomic E-state index is -0.103. The van der Waals surface area contributed by atoms with Gasteiger partial charge in [0, 0.05) is 20.1 Å². The van der Waals surface area contributed by atoms with Crippen molar-refractivity contribution in [1.82, 2.24) is 10.2 Å². The number of rotatable bonds is 2. The fraction of sp³-hybridized carbons (Fsp3) is 0.556. The molecule has 0 radical (unpaired) electrons. The molecule has 6 heteroatoms. The summed E-state index contributed by atoms with van der Waals surface area (Å²) in [5, 5.41) is 5.42. The summed E-state index contributed by atoms with van der Waals surface area (Å²) in [4.78, 5) is 26.8. The standard InChI is InChI=1S/C11H13N3O2.C7H13N/c1-14-6-5-12-11(16)8-3-2-4-9(10(8)14)13-7-15;1-4-8-5-2-7(1)3-6-8/h2-4,7H,5-6H2,1H3,(H,12,16)(H,13,15);7H,1-6H2. The number of fused-ring (bicyclic) bond motifs is 4. The van der Waals surface area contributed by atoms with Crippen LogP contribution in [0.15, 0.2) is 18.2 Å². The van der Waals surface area contributed by atoms with Crippen molar-refractivity contribution < 1.29 is 9.59 Å². The third kappa shape index (κ3) is 3.70. The minimum Gasteiger partial charge on any atom is -0.371 e. The van der Waals surface area contributed by atoms with Gasteiger partial charge in [-0.15, -0.1) is 0 Å². The van der Waals surface area contributed by atoms with Crippen LogP contribution < -0.4 is 15.5 Å². The van der Waals surface area contributed by atoms with Gasteiger partial charge in [0.25, 0.3) is 5.91 Å². The molecule has 1 aromatic rings. The summed E-state index contributed by atoms with van der Waals surface area (Å²) in [7, 11) is 1.90. The number of para-hydroxylation sites is 1. The number of piperidine rings is 3. The summed E-state index contributed by atoms with van der Waals surface area (Å²) in [5.74, 6) is 1.01. The van der Waals surface area contributed by atoms with E-state index in [0.29, 0.717) is 24.2 Å². The molecule has 2 amide bonds. The van der Waals surface area contributed by atoms with Crippen LogP contribution in [0.5, 0.6) is 0 Å². The highest BCUT2D eigenvalue weighted by Crippen LogP contribution is 2.30. The van der Waals surface area contributed by atoms with E-state index >= 15 is 0 Å². The molecule has 0 aliphatic carbocycles. The number of hydrogen-bond donors (Lipinski definition) is 2. The largest absolute Gasteiger partial charge is 0.371 e. The molecule has 2 N–H and O–H groups in total. The van der Waals surface area contributed by atoms with E-state index in [1.807, 2.05) is 11.9 Å². The molecule has 5 rings (SSSR count). The molecule has 6 nitrogen and oxygen atoms in total. The van der Waals surface area contributed by atoms with Gasteiger partial charge in [-0.05, 0) is 56.9 Å². The Balaban J connectivity index is 0.000000175. The Labute approximate surface area is 143 Å². The predicted octanol–water partition coefficient (Wildman–Crippen LogP) is 1.54. The number of anilines is 2. The maximum atomic E-state index is 11.8. The molecule has 4 aliphatic heterocycles. The second-order valence-corrected chi connectivity index (χ2v) is 6.72. The van der Waals surface area contributed by atoms with Crippen LogP contribution in [0, 0.1) is 5.92 Å². The average Bonchev–Trinajstić information content (AvgIpc) is 2.77. The van der Waals surface area contributed by atoms with Gasteiger partial charge in [-0.2, -0.15) is 0 Å². The maximum Gasteiger partial charge on any atom is 0.253 e. The van der Waals surface area contributed by atoms with Gasteiger partial charge in [-0.25, -0.2) is 0 Å². The Kier molecular flexibility index (Phi) is 5.35. The first-order valence-corrected chi connectivity index (χ1v) is 8.74. The molecule has 0 aromatic heterocycles. The van der Waals surface area contributed by atoms with Gasteiger partial charge in [0.1, 0.15) is 0 Å². The van der Waals surface area contributed by atoms with Crippen LogP contribution in [0.2, 0.25) is 0 Å². The topological polar surface area (TPSA) is 64.7 Å². The lowest BCUT2D eigenvalue weighted by Crippen LogP contribution is -2.41. The van der Waals surface area contributed by atoms with E-state index in [-0.39, 0.29) is 5.91 Å². The zero-order valence-electron chi connectivity index (χ0n) is 14.3. The second-order valence-electron chi connectivity index (χ2n) is 6.72. The predicted molar refractivity (Wildman–Crippen MR) is 95.5 cm³/mol. The Hall–Kier alpha value is -2.08. The number of carbonyl (C=O) groups excluding carboxylic acids is 2. The van der Waals surface area contributed by atoms with Crippen molar-refractivity contribution in [3.63, 3.8) is 0 Å². The molecule has 0 saturated carbocycles. The molecule has 0 spiro atoms. The molecule has 4 heterocycles. The average molecular weight is 330 g/mol. The number of carbonyl (C=O) groups is 2. The van der Waals surface area contributed by atoms with Crippen molar-refractivity contribution in [2.24, 2.45) is 5.92 Å². The quantitative estimate of drug-likeness (QED) is 0.808. The number of nitrogens with one attached hydrogen (secondary N) is 2. The monoisotopic (exact) mass is 330 g/mol. The normalized spacial score (nSPS) is 24.9. The number of nitrogens with zero attached hydrogens (tertiary/aromatic N) is 2. The summed E-state index contributed by atoms with van der Waals surface area (Å²) in [6.07, 6.45) is 5.08. The fourth-order valence-corrected chi connectivity index (χ4v) is 3.73. The highest BCUT2D eigenvalue weighted by Gasteiger charge is 2.24. The lowest BCUT2D eigenvalue weighted by molar-refractivity contribution is -0.105. The molecular formula is C18H26N4O2. The summed E-state index contributed by atoms with van der Waals surface area (Å²) < 4.78 is 0. The number of hydrogen-bond acceptors (Lipinski definition) is 4.